The van der Waals surface area contributed by atoms with Crippen LogP contribution in [0.4, 0.5) is 5.69 Å². The number of nitrogens with one attached hydrogen (secondary N) is 1. The van der Waals surface area contributed by atoms with Crippen LogP contribution < -0.4 is 5.32 Å². The maximum atomic E-state index is 11.6. The number of anilines is 1. The predicted molar refractivity (Wildman–Crippen MR) is 110 cm³/mol. The van der Waals surface area contributed by atoms with Gasteiger partial charge in [0.25, 0.3) is 0 Å². The van der Waals surface area contributed by atoms with E-state index in [9.17, 15) is 9.90 Å². The van der Waals surface area contributed by atoms with Gasteiger partial charge in [0.2, 0.25) is 0 Å². The Balaban J connectivity index is 1.23. The molecule has 1 aromatic rings. The normalized spacial score (nSPS) is 44.0. The first-order valence-electron chi connectivity index (χ1n) is 11.5. The Hall–Kier alpha value is -1.55. The summed E-state index contributed by atoms with van der Waals surface area (Å²) >= 11 is 0. The van der Waals surface area contributed by atoms with Crippen LogP contribution in [0.15, 0.2) is 24.3 Å². The van der Waals surface area contributed by atoms with Crippen molar-refractivity contribution in [2.24, 2.45) is 17.8 Å². The molecule has 150 valence electrons. The van der Waals surface area contributed by atoms with E-state index in [1.54, 1.807) is 6.07 Å². The molecule has 4 saturated carbocycles. The minimum absolute atomic E-state index is 0.402. The van der Waals surface area contributed by atoms with Crippen LogP contribution in [0.25, 0.3) is 0 Å². The molecule has 7 rings (SSSR count). The number of carboxylic acid groups (broad SMARTS) is 1. The number of fused-ring (bicyclic) bond motifs is 2. The number of hydrogen-bond acceptors (Lipinski definition) is 3. The topological polar surface area (TPSA) is 52.6 Å². The number of para-hydroxylation sites is 1. The largest absolute Gasteiger partial charge is 0.478 e. The fourth-order valence-electron chi connectivity index (χ4n) is 8.37. The molecule has 0 aromatic heterocycles. The molecule has 28 heavy (non-hydrogen) atoms. The summed E-state index contributed by atoms with van der Waals surface area (Å²) in [6.07, 6.45) is 13.8. The van der Waals surface area contributed by atoms with Crippen LogP contribution >= 0.6 is 0 Å². The Bertz CT molecular complexity index is 759. The van der Waals surface area contributed by atoms with Crippen molar-refractivity contribution in [3.8, 4) is 0 Å². The Morgan fingerprint density at radius 2 is 1.68 bits per heavy atom. The van der Waals surface area contributed by atoms with Gasteiger partial charge in [-0.2, -0.15) is 0 Å². The Morgan fingerprint density at radius 3 is 2.32 bits per heavy atom. The zero-order chi connectivity index (χ0) is 18.9. The minimum atomic E-state index is -0.835. The molecule has 2 saturated heterocycles. The van der Waals surface area contributed by atoms with Crippen LogP contribution in [0.5, 0.6) is 0 Å². The third-order valence-electron chi connectivity index (χ3n) is 8.93. The average molecular weight is 381 g/mol. The highest BCUT2D eigenvalue weighted by molar-refractivity contribution is 5.94. The molecule has 5 atom stereocenters. The lowest BCUT2D eigenvalue weighted by molar-refractivity contribution is -0.0807. The predicted octanol–water partition coefficient (Wildman–Crippen LogP) is 4.76. The van der Waals surface area contributed by atoms with E-state index < -0.39 is 5.97 Å². The highest BCUT2D eigenvalue weighted by Gasteiger charge is 2.61. The number of carbonyl (C=O) groups is 1. The molecule has 2 aliphatic heterocycles. The molecule has 0 radical (unpaired) electrons. The zero-order valence-corrected chi connectivity index (χ0v) is 16.6. The van der Waals surface area contributed by atoms with Crippen LogP contribution in [0.1, 0.15) is 74.6 Å². The summed E-state index contributed by atoms with van der Waals surface area (Å²) in [6.45, 7) is 0. The van der Waals surface area contributed by atoms with Gasteiger partial charge in [-0.1, -0.05) is 18.6 Å². The highest BCUT2D eigenvalue weighted by Crippen LogP contribution is 2.63. The number of piperidine rings is 2. The fraction of sp³-hybridized carbons (Fsp3) is 0.708. The van der Waals surface area contributed by atoms with Gasteiger partial charge >= 0.3 is 5.97 Å². The van der Waals surface area contributed by atoms with Crippen molar-refractivity contribution < 1.29 is 9.90 Å². The second kappa shape index (κ2) is 6.22. The first-order chi connectivity index (χ1) is 13.6. The van der Waals surface area contributed by atoms with Gasteiger partial charge in [-0.05, 0) is 87.7 Å². The van der Waals surface area contributed by atoms with Crippen molar-refractivity contribution in [1.29, 1.82) is 0 Å². The highest BCUT2D eigenvalue weighted by atomic mass is 16.4. The third kappa shape index (κ3) is 2.56. The molecule has 6 fully saturated rings. The summed E-state index contributed by atoms with van der Waals surface area (Å²) in [5.74, 6) is 2.23. The molecule has 6 bridgehead atoms. The quantitative estimate of drug-likeness (QED) is 0.791. The molecule has 4 heteroatoms. The van der Waals surface area contributed by atoms with Crippen LogP contribution in [0.2, 0.25) is 0 Å². The second-order valence-electron chi connectivity index (χ2n) is 10.5. The Morgan fingerprint density at radius 1 is 1.00 bits per heavy atom. The van der Waals surface area contributed by atoms with Crippen LogP contribution in [-0.4, -0.2) is 39.6 Å². The molecule has 4 aliphatic carbocycles. The smallest absolute Gasteiger partial charge is 0.337 e. The minimum Gasteiger partial charge on any atom is -0.478 e. The summed E-state index contributed by atoms with van der Waals surface area (Å²) < 4.78 is 0. The summed E-state index contributed by atoms with van der Waals surface area (Å²) in [5.41, 5.74) is 1.72. The molecule has 6 aliphatic rings. The SMILES string of the molecule is O=C(O)c1ccccc1NC1C[C@H]2CCC[C@@H](C1)N2C12CC3CC(C1)C(C3)C2. The lowest BCUT2D eigenvalue weighted by atomic mass is 9.69. The Labute approximate surface area is 167 Å². The number of carboxylic acids is 1. The molecule has 0 spiro atoms. The standard InChI is InChI=1S/C24H32N2O2/c27-23(28)21-6-1-2-7-22(21)25-18-10-19-4-3-5-20(11-18)26(19)24-12-15-8-16(13-24)17(9-15)14-24/h1-2,6-7,15-20,25H,3-5,8-14H2,(H,27,28)/t15?,16?,17?,18?,19-,20+,24?. The van der Waals surface area contributed by atoms with E-state index in [1.807, 2.05) is 18.2 Å². The van der Waals surface area contributed by atoms with E-state index in [2.05, 4.69) is 10.2 Å². The van der Waals surface area contributed by atoms with Gasteiger partial charge in [-0.15, -0.1) is 0 Å². The molecule has 1 aromatic carbocycles. The molecular weight excluding hydrogens is 348 g/mol. The van der Waals surface area contributed by atoms with Gasteiger partial charge in [0, 0.05) is 29.4 Å². The van der Waals surface area contributed by atoms with E-state index in [1.165, 1.54) is 64.2 Å². The van der Waals surface area contributed by atoms with Crippen LogP contribution in [0, 0.1) is 17.8 Å². The number of benzene rings is 1. The van der Waals surface area contributed by atoms with Gasteiger partial charge in [0.15, 0.2) is 0 Å². The van der Waals surface area contributed by atoms with Gasteiger partial charge in [-0.25, -0.2) is 4.79 Å². The van der Waals surface area contributed by atoms with Crippen molar-refractivity contribution in [3.63, 3.8) is 0 Å². The maximum Gasteiger partial charge on any atom is 0.337 e. The van der Waals surface area contributed by atoms with E-state index in [-0.39, 0.29) is 0 Å². The van der Waals surface area contributed by atoms with Gasteiger partial charge in [0.05, 0.1) is 5.56 Å². The summed E-state index contributed by atoms with van der Waals surface area (Å²) in [4.78, 5) is 14.6. The Kier molecular flexibility index (Phi) is 3.85. The van der Waals surface area contributed by atoms with Gasteiger partial charge in [-0.3, -0.25) is 4.90 Å². The fourth-order valence-corrected chi connectivity index (χ4v) is 8.37. The lowest BCUT2D eigenvalue weighted by Crippen LogP contribution is -2.64. The average Bonchev–Trinajstić information content (AvgIpc) is 3.08. The van der Waals surface area contributed by atoms with Crippen LogP contribution in [-0.2, 0) is 0 Å². The number of aromatic carboxylic acids is 1. The molecular formula is C24H32N2O2. The zero-order valence-electron chi connectivity index (χ0n) is 16.6. The van der Waals surface area contributed by atoms with E-state index in [0.717, 1.165) is 23.4 Å². The molecule has 3 unspecified atom stereocenters. The van der Waals surface area contributed by atoms with Crippen molar-refractivity contribution >= 4 is 11.7 Å². The molecule has 2 N–H and O–H groups in total. The molecule has 4 nitrogen and oxygen atoms in total. The monoisotopic (exact) mass is 380 g/mol. The first-order valence-corrected chi connectivity index (χ1v) is 11.5. The number of rotatable bonds is 4. The lowest BCUT2D eigenvalue weighted by Gasteiger charge is -2.59. The van der Waals surface area contributed by atoms with Gasteiger partial charge < -0.3 is 10.4 Å². The second-order valence-corrected chi connectivity index (χ2v) is 10.5. The summed E-state index contributed by atoms with van der Waals surface area (Å²) in [7, 11) is 0. The summed E-state index contributed by atoms with van der Waals surface area (Å²) in [5, 5.41) is 13.2. The third-order valence-corrected chi connectivity index (χ3v) is 8.93. The van der Waals surface area contributed by atoms with Gasteiger partial charge in [0.1, 0.15) is 0 Å². The van der Waals surface area contributed by atoms with Crippen molar-refractivity contribution in [3.05, 3.63) is 29.8 Å². The first kappa shape index (κ1) is 17.3. The van der Waals surface area contributed by atoms with Crippen molar-refractivity contribution in [1.82, 2.24) is 4.90 Å². The number of nitrogens with zero attached hydrogens (tertiary/aromatic N) is 1. The summed E-state index contributed by atoms with van der Waals surface area (Å²) in [6, 6.07) is 9.19. The molecule has 0 amide bonds. The molecule has 2 heterocycles. The maximum absolute atomic E-state index is 11.6. The van der Waals surface area contributed by atoms with E-state index in [0.29, 0.717) is 29.2 Å². The van der Waals surface area contributed by atoms with E-state index in [4.69, 9.17) is 0 Å². The number of hydrogen-bond donors (Lipinski definition) is 2. The van der Waals surface area contributed by atoms with Crippen molar-refractivity contribution in [2.75, 3.05) is 5.32 Å². The van der Waals surface area contributed by atoms with Crippen LogP contribution in [0.3, 0.4) is 0 Å². The van der Waals surface area contributed by atoms with Crippen molar-refractivity contribution in [2.45, 2.75) is 87.9 Å². The van der Waals surface area contributed by atoms with E-state index >= 15 is 0 Å².